The molecule has 17 heavy (non-hydrogen) atoms. The van der Waals surface area contributed by atoms with Crippen molar-refractivity contribution in [3.8, 4) is 0 Å². The SMILES string of the molecule is CC(I)CC[C@@H](NC(=O)OC(C)(C)C)C(=O)O. The van der Waals surface area contributed by atoms with Crippen LogP contribution in [0.15, 0.2) is 0 Å². The third-order valence-electron chi connectivity index (χ3n) is 1.84. The zero-order valence-corrected chi connectivity index (χ0v) is 12.8. The summed E-state index contributed by atoms with van der Waals surface area (Å²) in [5.41, 5.74) is -0.621. The third kappa shape index (κ3) is 9.20. The van der Waals surface area contributed by atoms with Gasteiger partial charge in [-0.3, -0.25) is 0 Å². The second-order valence-corrected chi connectivity index (χ2v) is 7.02. The van der Waals surface area contributed by atoms with Crippen molar-refractivity contribution in [2.45, 2.75) is 56.1 Å². The maximum atomic E-state index is 11.4. The standard InChI is InChI=1S/C11H20INO4/c1-7(12)5-6-8(9(14)15)13-10(16)17-11(2,3)4/h7-8H,5-6H2,1-4H3,(H,13,16)(H,14,15)/t7?,8-/m1/s1. The molecule has 0 aliphatic carbocycles. The molecule has 1 amide bonds. The highest BCUT2D eigenvalue weighted by molar-refractivity contribution is 14.1. The fourth-order valence-electron chi connectivity index (χ4n) is 1.10. The van der Waals surface area contributed by atoms with Crippen LogP contribution < -0.4 is 5.32 Å². The molecule has 0 aromatic carbocycles. The molecule has 0 aromatic heterocycles. The number of carbonyl (C=O) groups is 2. The van der Waals surface area contributed by atoms with E-state index in [4.69, 9.17) is 9.84 Å². The van der Waals surface area contributed by atoms with Gasteiger partial charge < -0.3 is 15.2 Å². The summed E-state index contributed by atoms with van der Waals surface area (Å²) in [7, 11) is 0. The van der Waals surface area contributed by atoms with E-state index in [-0.39, 0.29) is 0 Å². The minimum Gasteiger partial charge on any atom is -0.480 e. The van der Waals surface area contributed by atoms with Crippen molar-refractivity contribution in [3.63, 3.8) is 0 Å². The van der Waals surface area contributed by atoms with Crippen LogP contribution in [-0.4, -0.2) is 32.7 Å². The maximum Gasteiger partial charge on any atom is 0.408 e. The van der Waals surface area contributed by atoms with Crippen molar-refractivity contribution in [2.24, 2.45) is 0 Å². The van der Waals surface area contributed by atoms with Crippen LogP contribution in [0.25, 0.3) is 0 Å². The first-order valence-corrected chi connectivity index (χ1v) is 6.73. The predicted molar refractivity (Wildman–Crippen MR) is 73.5 cm³/mol. The summed E-state index contributed by atoms with van der Waals surface area (Å²) in [5, 5.41) is 11.3. The Balaban J connectivity index is 4.26. The number of alkyl carbamates (subject to hydrolysis) is 1. The van der Waals surface area contributed by atoms with E-state index in [9.17, 15) is 9.59 Å². The fourth-order valence-corrected chi connectivity index (χ4v) is 1.46. The number of hydrogen-bond donors (Lipinski definition) is 2. The molecular weight excluding hydrogens is 337 g/mol. The highest BCUT2D eigenvalue weighted by Gasteiger charge is 2.23. The fraction of sp³-hybridized carbons (Fsp3) is 0.818. The van der Waals surface area contributed by atoms with Gasteiger partial charge >= 0.3 is 12.1 Å². The van der Waals surface area contributed by atoms with Gasteiger partial charge in [0.25, 0.3) is 0 Å². The number of aliphatic carboxylic acids is 1. The van der Waals surface area contributed by atoms with Crippen LogP contribution in [-0.2, 0) is 9.53 Å². The highest BCUT2D eigenvalue weighted by atomic mass is 127. The molecule has 0 aliphatic rings. The topological polar surface area (TPSA) is 75.6 Å². The van der Waals surface area contributed by atoms with Gasteiger partial charge in [-0.2, -0.15) is 0 Å². The van der Waals surface area contributed by atoms with E-state index in [0.29, 0.717) is 10.3 Å². The summed E-state index contributed by atoms with van der Waals surface area (Å²) >= 11 is 2.22. The van der Waals surface area contributed by atoms with E-state index in [2.05, 4.69) is 27.9 Å². The van der Waals surface area contributed by atoms with E-state index in [1.54, 1.807) is 20.8 Å². The Labute approximate surface area is 115 Å². The number of carboxylic acid groups (broad SMARTS) is 1. The van der Waals surface area contributed by atoms with Gasteiger partial charge in [0.2, 0.25) is 0 Å². The summed E-state index contributed by atoms with van der Waals surface area (Å²) in [4.78, 5) is 22.4. The number of ether oxygens (including phenoxy) is 1. The minimum absolute atomic E-state index is 0.370. The normalized spacial score (nSPS) is 14.9. The molecule has 1 unspecified atom stereocenters. The molecule has 0 saturated heterocycles. The van der Waals surface area contributed by atoms with Crippen molar-refractivity contribution in [1.82, 2.24) is 5.32 Å². The molecule has 0 aliphatic heterocycles. The molecule has 0 saturated carbocycles. The average molecular weight is 357 g/mol. The highest BCUT2D eigenvalue weighted by Crippen LogP contribution is 2.11. The van der Waals surface area contributed by atoms with Gasteiger partial charge in [0, 0.05) is 3.92 Å². The summed E-state index contributed by atoms with van der Waals surface area (Å²) in [6, 6.07) is -0.887. The maximum absolute atomic E-state index is 11.4. The molecule has 0 heterocycles. The number of rotatable bonds is 5. The van der Waals surface area contributed by atoms with Crippen LogP contribution in [0.1, 0.15) is 40.5 Å². The monoisotopic (exact) mass is 357 g/mol. The first-order chi connectivity index (χ1) is 7.61. The van der Waals surface area contributed by atoms with Crippen LogP contribution in [0.4, 0.5) is 4.79 Å². The molecule has 5 nitrogen and oxygen atoms in total. The molecule has 100 valence electrons. The van der Waals surface area contributed by atoms with E-state index < -0.39 is 23.7 Å². The second kappa shape index (κ2) is 7.03. The molecule has 2 N–H and O–H groups in total. The quantitative estimate of drug-likeness (QED) is 0.586. The third-order valence-corrected chi connectivity index (χ3v) is 2.47. The number of amides is 1. The Morgan fingerprint density at radius 3 is 2.24 bits per heavy atom. The van der Waals surface area contributed by atoms with Gasteiger partial charge in [-0.05, 0) is 33.6 Å². The Hall–Kier alpha value is -0.530. The van der Waals surface area contributed by atoms with Gasteiger partial charge in [0.15, 0.2) is 0 Å². The number of hydrogen-bond acceptors (Lipinski definition) is 3. The molecule has 6 heteroatoms. The van der Waals surface area contributed by atoms with Crippen LogP contribution in [0.5, 0.6) is 0 Å². The Morgan fingerprint density at radius 1 is 1.35 bits per heavy atom. The van der Waals surface area contributed by atoms with Crippen molar-refractivity contribution >= 4 is 34.7 Å². The summed E-state index contributed by atoms with van der Waals surface area (Å²) in [6.07, 6.45) is 0.442. The van der Waals surface area contributed by atoms with Gasteiger partial charge in [-0.15, -0.1) is 0 Å². The average Bonchev–Trinajstić information content (AvgIpc) is 2.08. The van der Waals surface area contributed by atoms with Crippen LogP contribution in [0, 0.1) is 0 Å². The number of nitrogens with one attached hydrogen (secondary N) is 1. The zero-order valence-electron chi connectivity index (χ0n) is 10.6. The van der Waals surface area contributed by atoms with Crippen molar-refractivity contribution in [2.75, 3.05) is 0 Å². The molecule has 2 atom stereocenters. The van der Waals surface area contributed by atoms with Gasteiger partial charge in [0.05, 0.1) is 0 Å². The van der Waals surface area contributed by atoms with E-state index in [0.717, 1.165) is 6.42 Å². The van der Waals surface area contributed by atoms with Crippen molar-refractivity contribution in [1.29, 1.82) is 0 Å². The lowest BCUT2D eigenvalue weighted by Gasteiger charge is -2.22. The Morgan fingerprint density at radius 2 is 1.88 bits per heavy atom. The molecular formula is C11H20INO4. The molecule has 0 rings (SSSR count). The lowest BCUT2D eigenvalue weighted by Crippen LogP contribution is -2.43. The number of alkyl halides is 1. The van der Waals surface area contributed by atoms with Crippen molar-refractivity contribution in [3.05, 3.63) is 0 Å². The van der Waals surface area contributed by atoms with E-state index in [1.807, 2.05) is 6.92 Å². The van der Waals surface area contributed by atoms with Gasteiger partial charge in [-0.25, -0.2) is 9.59 Å². The molecule has 0 bridgehead atoms. The first kappa shape index (κ1) is 16.5. The lowest BCUT2D eigenvalue weighted by molar-refractivity contribution is -0.139. The molecule has 0 radical (unpaired) electrons. The molecule has 0 spiro atoms. The number of carboxylic acids is 1. The minimum atomic E-state index is -1.03. The van der Waals surface area contributed by atoms with E-state index >= 15 is 0 Å². The van der Waals surface area contributed by atoms with Gasteiger partial charge in [0.1, 0.15) is 11.6 Å². The molecule has 0 fully saturated rings. The number of carbonyl (C=O) groups excluding carboxylic acids is 1. The zero-order chi connectivity index (χ0) is 13.6. The van der Waals surface area contributed by atoms with Crippen LogP contribution in [0.3, 0.4) is 0 Å². The van der Waals surface area contributed by atoms with Crippen LogP contribution >= 0.6 is 22.6 Å². The molecule has 0 aromatic rings. The largest absolute Gasteiger partial charge is 0.480 e. The lowest BCUT2D eigenvalue weighted by atomic mass is 10.1. The Bertz CT molecular complexity index is 273. The summed E-state index contributed by atoms with van der Waals surface area (Å²) < 4.78 is 5.38. The van der Waals surface area contributed by atoms with Crippen molar-refractivity contribution < 1.29 is 19.4 Å². The van der Waals surface area contributed by atoms with E-state index in [1.165, 1.54) is 0 Å². The predicted octanol–water partition coefficient (Wildman–Crippen LogP) is 2.57. The second-order valence-electron chi connectivity index (χ2n) is 4.90. The van der Waals surface area contributed by atoms with Gasteiger partial charge in [-0.1, -0.05) is 29.5 Å². The summed E-state index contributed by atoms with van der Waals surface area (Å²) in [5.74, 6) is -1.03. The first-order valence-electron chi connectivity index (χ1n) is 5.48. The Kier molecular flexibility index (Phi) is 6.81. The summed E-state index contributed by atoms with van der Waals surface area (Å²) in [6.45, 7) is 7.19. The number of halogens is 1. The van der Waals surface area contributed by atoms with Crippen LogP contribution in [0.2, 0.25) is 0 Å². The smallest absolute Gasteiger partial charge is 0.408 e.